The molecule has 0 aliphatic rings. The highest BCUT2D eigenvalue weighted by atomic mass is 16.6. The highest BCUT2D eigenvalue weighted by molar-refractivity contribution is 5.79. The number of non-ortho nitro benzene ring substituents is 1. The van der Waals surface area contributed by atoms with Gasteiger partial charge in [-0.05, 0) is 18.2 Å². The number of hydrogen-bond acceptors (Lipinski definition) is 6. The summed E-state index contributed by atoms with van der Waals surface area (Å²) in [7, 11) is 0. The molecule has 9 heteroatoms. The van der Waals surface area contributed by atoms with E-state index in [1.807, 2.05) is 30.3 Å². The average molecular weight is 311 g/mol. The maximum absolute atomic E-state index is 11.0. The van der Waals surface area contributed by atoms with Crippen molar-refractivity contribution in [2.75, 3.05) is 0 Å². The lowest BCUT2D eigenvalue weighted by Crippen LogP contribution is -1.93. The molecule has 0 bridgehead atoms. The minimum absolute atomic E-state index is 0.0571. The van der Waals surface area contributed by atoms with E-state index in [4.69, 9.17) is 0 Å². The maximum Gasteiger partial charge on any atom is 0.303 e. The zero-order chi connectivity index (χ0) is 16.4. The van der Waals surface area contributed by atoms with Crippen LogP contribution in [0.3, 0.4) is 0 Å². The second kappa shape index (κ2) is 5.64. The van der Waals surface area contributed by atoms with Gasteiger partial charge in [-0.1, -0.05) is 23.4 Å². The highest BCUT2D eigenvalue weighted by Crippen LogP contribution is 2.31. The van der Waals surface area contributed by atoms with Crippen molar-refractivity contribution in [1.82, 2.24) is 4.68 Å². The number of nitro benzene ring substituents is 2. The first-order valence-corrected chi connectivity index (χ1v) is 6.47. The van der Waals surface area contributed by atoms with E-state index in [-0.39, 0.29) is 11.4 Å². The predicted octanol–water partition coefficient (Wildman–Crippen LogP) is 4.00. The van der Waals surface area contributed by atoms with Crippen LogP contribution in [0, 0.1) is 20.2 Å². The molecule has 2 aromatic carbocycles. The Morgan fingerprint density at radius 1 is 0.957 bits per heavy atom. The Kier molecular flexibility index (Phi) is 3.51. The van der Waals surface area contributed by atoms with Crippen LogP contribution in [0.15, 0.2) is 65.1 Å². The quantitative estimate of drug-likeness (QED) is 0.411. The predicted molar refractivity (Wildman–Crippen MR) is 81.6 cm³/mol. The SMILES string of the molecule is O=[N+]([O-])c1ccc(N=Nn2ccc3ccccc32)c([N+](=O)[O-])c1. The van der Waals surface area contributed by atoms with Gasteiger partial charge in [-0.3, -0.25) is 20.2 Å². The third kappa shape index (κ3) is 2.75. The van der Waals surface area contributed by atoms with E-state index in [1.54, 1.807) is 6.20 Å². The zero-order valence-corrected chi connectivity index (χ0v) is 11.6. The van der Waals surface area contributed by atoms with Gasteiger partial charge in [0, 0.05) is 17.6 Å². The second-order valence-electron chi connectivity index (χ2n) is 4.60. The summed E-state index contributed by atoms with van der Waals surface area (Å²) in [5.41, 5.74) is -0.110. The first-order chi connectivity index (χ1) is 11.1. The molecule has 0 spiro atoms. The van der Waals surface area contributed by atoms with Crippen molar-refractivity contribution in [3.05, 3.63) is 75.0 Å². The third-order valence-corrected chi connectivity index (χ3v) is 3.19. The summed E-state index contributed by atoms with van der Waals surface area (Å²) < 4.78 is 1.47. The third-order valence-electron chi connectivity index (χ3n) is 3.19. The van der Waals surface area contributed by atoms with Crippen molar-refractivity contribution in [2.45, 2.75) is 0 Å². The van der Waals surface area contributed by atoms with Crippen LogP contribution in [0.25, 0.3) is 10.9 Å². The number of aromatic nitrogens is 1. The van der Waals surface area contributed by atoms with Crippen LogP contribution >= 0.6 is 0 Å². The van der Waals surface area contributed by atoms with Crippen LogP contribution in [0.1, 0.15) is 0 Å². The van der Waals surface area contributed by atoms with Gasteiger partial charge < -0.3 is 0 Å². The fourth-order valence-corrected chi connectivity index (χ4v) is 2.10. The fraction of sp³-hybridized carbons (Fsp3) is 0. The van der Waals surface area contributed by atoms with E-state index in [0.29, 0.717) is 0 Å². The van der Waals surface area contributed by atoms with Crippen LogP contribution in [0.5, 0.6) is 0 Å². The Morgan fingerprint density at radius 2 is 1.74 bits per heavy atom. The van der Waals surface area contributed by atoms with Crippen molar-refractivity contribution in [3.8, 4) is 0 Å². The standard InChI is InChI=1S/C14H9N5O4/c20-18(21)11-5-6-12(14(9-11)19(22)23)15-16-17-8-7-10-3-1-2-4-13(10)17/h1-9H. The molecule has 1 aromatic heterocycles. The molecule has 0 saturated heterocycles. The molecule has 0 radical (unpaired) electrons. The molecule has 23 heavy (non-hydrogen) atoms. The monoisotopic (exact) mass is 311 g/mol. The van der Waals surface area contributed by atoms with Crippen LogP contribution in [-0.2, 0) is 0 Å². The summed E-state index contributed by atoms with van der Waals surface area (Å²) in [5, 5.41) is 30.5. The molecule has 0 unspecified atom stereocenters. The summed E-state index contributed by atoms with van der Waals surface area (Å²) >= 11 is 0. The van der Waals surface area contributed by atoms with Gasteiger partial charge in [-0.15, -0.1) is 5.11 Å². The average Bonchev–Trinajstić information content (AvgIpc) is 2.95. The Balaban J connectivity index is 2.02. The first-order valence-electron chi connectivity index (χ1n) is 6.47. The van der Waals surface area contributed by atoms with E-state index in [0.717, 1.165) is 23.0 Å². The summed E-state index contributed by atoms with van der Waals surface area (Å²) in [4.78, 5) is 20.3. The molecule has 0 N–H and O–H groups in total. The van der Waals surface area contributed by atoms with Crippen molar-refractivity contribution >= 4 is 28.0 Å². The largest absolute Gasteiger partial charge is 0.303 e. The molecule has 9 nitrogen and oxygen atoms in total. The summed E-state index contributed by atoms with van der Waals surface area (Å²) in [6.07, 6.45) is 1.67. The lowest BCUT2D eigenvalue weighted by molar-refractivity contribution is -0.393. The van der Waals surface area contributed by atoms with Gasteiger partial charge in [0.05, 0.1) is 21.4 Å². The zero-order valence-electron chi connectivity index (χ0n) is 11.6. The van der Waals surface area contributed by atoms with Crippen molar-refractivity contribution in [1.29, 1.82) is 0 Å². The van der Waals surface area contributed by atoms with Gasteiger partial charge in [0.2, 0.25) is 0 Å². The van der Waals surface area contributed by atoms with Gasteiger partial charge in [-0.2, -0.15) is 0 Å². The Labute approximate surface area is 128 Å². The van der Waals surface area contributed by atoms with Crippen LogP contribution < -0.4 is 0 Å². The van der Waals surface area contributed by atoms with Gasteiger partial charge >= 0.3 is 5.69 Å². The minimum Gasteiger partial charge on any atom is -0.258 e. The minimum atomic E-state index is -0.727. The number of para-hydroxylation sites is 1. The molecule has 3 rings (SSSR count). The maximum atomic E-state index is 11.0. The summed E-state index contributed by atoms with van der Waals surface area (Å²) in [5.74, 6) is 0. The van der Waals surface area contributed by atoms with Crippen LogP contribution in [0.4, 0.5) is 17.1 Å². The Morgan fingerprint density at radius 3 is 2.48 bits per heavy atom. The first kappa shape index (κ1) is 14.3. The van der Waals surface area contributed by atoms with Crippen molar-refractivity contribution in [2.24, 2.45) is 10.3 Å². The molecular formula is C14H9N5O4. The number of rotatable bonds is 4. The lowest BCUT2D eigenvalue weighted by Gasteiger charge is -1.98. The molecular weight excluding hydrogens is 302 g/mol. The molecule has 0 aliphatic carbocycles. The normalized spacial score (nSPS) is 11.1. The molecule has 0 aliphatic heterocycles. The number of hydrogen-bond donors (Lipinski definition) is 0. The van der Waals surface area contributed by atoms with E-state index in [2.05, 4.69) is 10.3 Å². The van der Waals surface area contributed by atoms with Gasteiger partial charge in [0.25, 0.3) is 5.69 Å². The van der Waals surface area contributed by atoms with Crippen molar-refractivity contribution in [3.63, 3.8) is 0 Å². The second-order valence-corrected chi connectivity index (χ2v) is 4.60. The highest BCUT2D eigenvalue weighted by Gasteiger charge is 2.19. The molecule has 3 aromatic rings. The smallest absolute Gasteiger partial charge is 0.258 e. The van der Waals surface area contributed by atoms with Gasteiger partial charge in [0.15, 0.2) is 5.69 Å². The molecule has 0 amide bonds. The van der Waals surface area contributed by atoms with Crippen LogP contribution in [0.2, 0.25) is 0 Å². The van der Waals surface area contributed by atoms with E-state index >= 15 is 0 Å². The lowest BCUT2D eigenvalue weighted by atomic mass is 10.2. The van der Waals surface area contributed by atoms with Gasteiger partial charge in [0.1, 0.15) is 0 Å². The molecule has 0 atom stereocenters. The van der Waals surface area contributed by atoms with E-state index in [9.17, 15) is 20.2 Å². The molecule has 0 saturated carbocycles. The van der Waals surface area contributed by atoms with Crippen molar-refractivity contribution < 1.29 is 9.85 Å². The topological polar surface area (TPSA) is 116 Å². The Bertz CT molecular complexity index is 947. The molecule has 114 valence electrons. The van der Waals surface area contributed by atoms with E-state index < -0.39 is 15.5 Å². The van der Waals surface area contributed by atoms with Gasteiger partial charge in [-0.25, -0.2) is 4.68 Å². The Hall–Kier alpha value is -3.62. The summed E-state index contributed by atoms with van der Waals surface area (Å²) in [6.45, 7) is 0. The number of nitro groups is 2. The van der Waals surface area contributed by atoms with E-state index in [1.165, 1.54) is 10.7 Å². The fourth-order valence-electron chi connectivity index (χ4n) is 2.10. The molecule has 1 heterocycles. The number of nitrogens with zero attached hydrogens (tertiary/aromatic N) is 5. The summed E-state index contributed by atoms with van der Waals surface area (Å²) in [6, 6.07) is 12.5. The van der Waals surface area contributed by atoms with Crippen LogP contribution in [-0.4, -0.2) is 14.5 Å². The number of fused-ring (bicyclic) bond motifs is 1. The molecule has 0 fully saturated rings. The number of benzene rings is 2.